The maximum atomic E-state index is 12.1. The second-order valence-corrected chi connectivity index (χ2v) is 5.49. The second-order valence-electron chi connectivity index (χ2n) is 5.49. The summed E-state index contributed by atoms with van der Waals surface area (Å²) in [6, 6.07) is 13.5. The van der Waals surface area contributed by atoms with Crippen LogP contribution in [0.5, 0.6) is 0 Å². The molecule has 2 N–H and O–H groups in total. The number of hydrogen-bond donors (Lipinski definition) is 2. The summed E-state index contributed by atoms with van der Waals surface area (Å²) in [5.41, 5.74) is 2.30. The van der Waals surface area contributed by atoms with Crippen molar-refractivity contribution < 1.29 is 9.63 Å². The van der Waals surface area contributed by atoms with Crippen LogP contribution < -0.4 is 10.6 Å². The van der Waals surface area contributed by atoms with Crippen LogP contribution in [0.4, 0.5) is 5.82 Å². The van der Waals surface area contributed by atoms with Crippen molar-refractivity contribution in [3.05, 3.63) is 53.7 Å². The van der Waals surface area contributed by atoms with E-state index >= 15 is 0 Å². The van der Waals surface area contributed by atoms with E-state index in [4.69, 9.17) is 4.84 Å². The van der Waals surface area contributed by atoms with Gasteiger partial charge in [-0.2, -0.15) is 5.10 Å². The smallest absolute Gasteiger partial charge is 0.269 e. The number of anilines is 1. The van der Waals surface area contributed by atoms with Crippen LogP contribution >= 0.6 is 0 Å². The molecule has 3 rings (SSSR count). The predicted molar refractivity (Wildman–Crippen MR) is 90.6 cm³/mol. The molecule has 1 atom stereocenters. The summed E-state index contributed by atoms with van der Waals surface area (Å²) in [7, 11) is 0. The van der Waals surface area contributed by atoms with Gasteiger partial charge in [-0.15, -0.1) is 5.10 Å². The van der Waals surface area contributed by atoms with Crippen LogP contribution in [0.3, 0.4) is 0 Å². The minimum absolute atomic E-state index is 0.187. The highest BCUT2D eigenvalue weighted by molar-refractivity contribution is 6.39. The number of amides is 1. The Morgan fingerprint density at radius 2 is 2.00 bits per heavy atom. The SMILES string of the molecule is Cc1ccc(NCCNC(=O)C2=NO[C@H](c3ccccc3)C2)nn1. The molecule has 7 heteroatoms. The number of rotatable bonds is 6. The van der Waals surface area contributed by atoms with Gasteiger partial charge in [-0.3, -0.25) is 4.79 Å². The van der Waals surface area contributed by atoms with Crippen LogP contribution in [-0.2, 0) is 9.63 Å². The molecule has 1 aromatic carbocycles. The molecule has 1 aromatic heterocycles. The molecule has 2 heterocycles. The number of aromatic nitrogens is 2. The lowest BCUT2D eigenvalue weighted by Gasteiger charge is -2.08. The first-order valence-corrected chi connectivity index (χ1v) is 7.82. The minimum Gasteiger partial charge on any atom is -0.387 e. The van der Waals surface area contributed by atoms with E-state index < -0.39 is 0 Å². The fourth-order valence-electron chi connectivity index (χ4n) is 2.32. The normalized spacial score (nSPS) is 16.2. The summed E-state index contributed by atoms with van der Waals surface area (Å²) < 4.78 is 0. The lowest BCUT2D eigenvalue weighted by molar-refractivity contribution is -0.114. The summed E-state index contributed by atoms with van der Waals surface area (Å²) in [6.45, 7) is 2.90. The average molecular weight is 325 g/mol. The van der Waals surface area contributed by atoms with E-state index in [0.717, 1.165) is 11.3 Å². The number of carbonyl (C=O) groups is 1. The van der Waals surface area contributed by atoms with Gasteiger partial charge in [0.2, 0.25) is 0 Å². The van der Waals surface area contributed by atoms with Gasteiger partial charge < -0.3 is 15.5 Å². The molecule has 0 unspecified atom stereocenters. The third-order valence-corrected chi connectivity index (χ3v) is 3.62. The standard InChI is InChI=1S/C17H19N5O2/c1-12-7-8-16(21-20-12)18-9-10-19-17(23)14-11-15(24-22-14)13-5-3-2-4-6-13/h2-8,15H,9-11H2,1H3,(H,18,21)(H,19,23)/t15-/m0/s1. The summed E-state index contributed by atoms with van der Waals surface area (Å²) in [5, 5.41) is 17.8. The first-order valence-electron chi connectivity index (χ1n) is 7.82. The van der Waals surface area contributed by atoms with Gasteiger partial charge in [-0.1, -0.05) is 35.5 Å². The van der Waals surface area contributed by atoms with E-state index in [9.17, 15) is 4.79 Å². The zero-order valence-corrected chi connectivity index (χ0v) is 13.4. The Morgan fingerprint density at radius 3 is 2.75 bits per heavy atom. The maximum absolute atomic E-state index is 12.1. The van der Waals surface area contributed by atoms with Crippen LogP contribution in [0.2, 0.25) is 0 Å². The Morgan fingerprint density at radius 1 is 1.17 bits per heavy atom. The van der Waals surface area contributed by atoms with Crippen molar-refractivity contribution in [1.82, 2.24) is 15.5 Å². The van der Waals surface area contributed by atoms with Crippen LogP contribution in [0.15, 0.2) is 47.6 Å². The molecule has 1 aliphatic heterocycles. The molecule has 0 bridgehead atoms. The molecule has 0 saturated carbocycles. The Labute approximate surface area is 140 Å². The van der Waals surface area contributed by atoms with Crippen molar-refractivity contribution in [2.75, 3.05) is 18.4 Å². The Kier molecular flexibility index (Phi) is 5.00. The molecule has 0 aliphatic carbocycles. The van der Waals surface area contributed by atoms with E-state index in [-0.39, 0.29) is 12.0 Å². The lowest BCUT2D eigenvalue weighted by Crippen LogP contribution is -2.34. The number of carbonyl (C=O) groups excluding carboxylic acids is 1. The quantitative estimate of drug-likeness (QED) is 0.791. The average Bonchev–Trinajstić information content (AvgIpc) is 3.11. The fraction of sp³-hybridized carbons (Fsp3) is 0.294. The summed E-state index contributed by atoms with van der Waals surface area (Å²) in [5.74, 6) is 0.478. The molecule has 0 saturated heterocycles. The molecule has 0 spiro atoms. The van der Waals surface area contributed by atoms with Gasteiger partial charge in [-0.25, -0.2) is 0 Å². The van der Waals surface area contributed by atoms with Crippen LogP contribution in [0.25, 0.3) is 0 Å². The molecule has 0 fully saturated rings. The molecule has 1 aliphatic rings. The third kappa shape index (κ3) is 4.07. The predicted octanol–water partition coefficient (Wildman–Crippen LogP) is 1.83. The molecule has 0 radical (unpaired) electrons. The monoisotopic (exact) mass is 325 g/mol. The molecule has 2 aromatic rings. The molecular formula is C17H19N5O2. The van der Waals surface area contributed by atoms with Gasteiger partial charge in [0.15, 0.2) is 6.10 Å². The fourth-order valence-corrected chi connectivity index (χ4v) is 2.32. The molecule has 124 valence electrons. The zero-order valence-electron chi connectivity index (χ0n) is 13.4. The van der Waals surface area contributed by atoms with Gasteiger partial charge in [-0.05, 0) is 24.6 Å². The summed E-state index contributed by atoms with van der Waals surface area (Å²) in [4.78, 5) is 17.5. The maximum Gasteiger partial charge on any atom is 0.269 e. The molecule has 1 amide bonds. The summed E-state index contributed by atoms with van der Waals surface area (Å²) >= 11 is 0. The van der Waals surface area contributed by atoms with Crippen molar-refractivity contribution in [3.63, 3.8) is 0 Å². The van der Waals surface area contributed by atoms with Gasteiger partial charge >= 0.3 is 0 Å². The topological polar surface area (TPSA) is 88.5 Å². The van der Waals surface area contributed by atoms with Crippen LogP contribution in [-0.4, -0.2) is 34.9 Å². The lowest BCUT2D eigenvalue weighted by atomic mass is 10.0. The van der Waals surface area contributed by atoms with Gasteiger partial charge in [0.1, 0.15) is 11.5 Å². The third-order valence-electron chi connectivity index (χ3n) is 3.62. The molecule has 7 nitrogen and oxygen atoms in total. The second kappa shape index (κ2) is 7.54. The Bertz CT molecular complexity index is 716. The van der Waals surface area contributed by atoms with Crippen molar-refractivity contribution in [1.29, 1.82) is 0 Å². The molecular weight excluding hydrogens is 306 g/mol. The highest BCUT2D eigenvalue weighted by Crippen LogP contribution is 2.26. The van der Waals surface area contributed by atoms with Gasteiger partial charge in [0, 0.05) is 19.5 Å². The van der Waals surface area contributed by atoms with Crippen molar-refractivity contribution in [3.8, 4) is 0 Å². The van der Waals surface area contributed by atoms with Crippen LogP contribution in [0, 0.1) is 6.92 Å². The number of nitrogens with one attached hydrogen (secondary N) is 2. The minimum atomic E-state index is -0.203. The Hall–Kier alpha value is -2.96. The van der Waals surface area contributed by atoms with Crippen LogP contribution in [0.1, 0.15) is 23.8 Å². The highest BCUT2D eigenvalue weighted by atomic mass is 16.6. The summed E-state index contributed by atoms with van der Waals surface area (Å²) in [6.07, 6.45) is 0.292. The number of oxime groups is 1. The van der Waals surface area contributed by atoms with E-state index in [1.807, 2.05) is 49.4 Å². The first kappa shape index (κ1) is 15.9. The number of benzene rings is 1. The number of nitrogens with zero attached hydrogens (tertiary/aromatic N) is 3. The van der Waals surface area contributed by atoms with E-state index in [1.165, 1.54) is 0 Å². The first-order chi connectivity index (χ1) is 11.7. The number of aryl methyl sites for hydroxylation is 1. The largest absolute Gasteiger partial charge is 0.387 e. The van der Waals surface area contributed by atoms with E-state index in [2.05, 4.69) is 26.0 Å². The zero-order chi connectivity index (χ0) is 16.8. The van der Waals surface area contributed by atoms with Gasteiger partial charge in [0.25, 0.3) is 5.91 Å². The van der Waals surface area contributed by atoms with Gasteiger partial charge in [0.05, 0.1) is 5.69 Å². The highest BCUT2D eigenvalue weighted by Gasteiger charge is 2.26. The van der Waals surface area contributed by atoms with Crippen molar-refractivity contribution in [2.45, 2.75) is 19.4 Å². The number of hydrogen-bond acceptors (Lipinski definition) is 6. The Balaban J connectivity index is 1.40. The van der Waals surface area contributed by atoms with E-state index in [0.29, 0.717) is 31.0 Å². The van der Waals surface area contributed by atoms with E-state index in [1.54, 1.807) is 0 Å². The van der Waals surface area contributed by atoms with Crippen molar-refractivity contribution >= 4 is 17.4 Å². The van der Waals surface area contributed by atoms with Crippen molar-refractivity contribution in [2.24, 2.45) is 5.16 Å². The molecule has 24 heavy (non-hydrogen) atoms.